The molecule has 0 aliphatic rings. The van der Waals surface area contributed by atoms with Crippen LogP contribution >= 0.6 is 0 Å². The van der Waals surface area contributed by atoms with Crippen LogP contribution in [0.15, 0.2) is 92.0 Å². The van der Waals surface area contributed by atoms with Crippen molar-refractivity contribution in [2.45, 2.75) is 51.9 Å². The minimum atomic E-state index is -1.40. The Balaban J connectivity index is 1.08. The Hall–Kier alpha value is -8.20. The zero-order chi connectivity index (χ0) is 52.2. The van der Waals surface area contributed by atoms with Gasteiger partial charge in [0, 0.05) is 65.5 Å². The molecule has 0 radical (unpaired) electrons. The molecule has 71 heavy (non-hydrogen) atoms. The Bertz CT molecular complexity index is 3080. The molecule has 0 fully saturated rings. The van der Waals surface area contributed by atoms with Crippen LogP contribution in [0.5, 0.6) is 0 Å². The number of aromatic nitrogens is 4. The molecule has 2 amide bonds. The van der Waals surface area contributed by atoms with Crippen molar-refractivity contribution in [3.05, 3.63) is 183 Å². The second-order valence-corrected chi connectivity index (χ2v) is 16.7. The van der Waals surface area contributed by atoms with Gasteiger partial charge in [0.05, 0.1) is 25.3 Å². The minimum Gasteiger partial charge on any atom is -0.467 e. The van der Waals surface area contributed by atoms with Crippen molar-refractivity contribution in [3.63, 3.8) is 0 Å². The molecule has 17 nitrogen and oxygen atoms in total. The highest BCUT2D eigenvalue weighted by Crippen LogP contribution is 2.23. The largest absolute Gasteiger partial charge is 0.467 e. The van der Waals surface area contributed by atoms with Gasteiger partial charge in [-0.05, 0) is 71.5 Å². The van der Waals surface area contributed by atoms with Crippen LogP contribution in [0.4, 0.5) is 17.6 Å². The van der Waals surface area contributed by atoms with E-state index in [9.17, 15) is 38.4 Å². The van der Waals surface area contributed by atoms with Gasteiger partial charge >= 0.3 is 23.3 Å². The van der Waals surface area contributed by atoms with E-state index in [1.54, 1.807) is 62.4 Å². The maximum absolute atomic E-state index is 15.4. The average molecular weight is 984 g/mol. The number of benzene rings is 4. The van der Waals surface area contributed by atoms with Crippen molar-refractivity contribution < 1.29 is 46.2 Å². The predicted molar refractivity (Wildman–Crippen MR) is 251 cm³/mol. The van der Waals surface area contributed by atoms with Crippen LogP contribution in [0.25, 0.3) is 22.3 Å². The molecule has 0 spiro atoms. The number of amides is 2. The highest BCUT2D eigenvalue weighted by molar-refractivity contribution is 5.98. The number of carbonyl (C=O) groups is 4. The van der Waals surface area contributed by atoms with Crippen molar-refractivity contribution in [2.24, 2.45) is 28.2 Å². The van der Waals surface area contributed by atoms with Gasteiger partial charge in [-0.1, -0.05) is 48.5 Å². The van der Waals surface area contributed by atoms with Crippen LogP contribution in [0.2, 0.25) is 0 Å². The lowest BCUT2D eigenvalue weighted by atomic mass is 10.00. The Morgan fingerprint density at radius 1 is 0.507 bits per heavy atom. The van der Waals surface area contributed by atoms with Gasteiger partial charge < -0.3 is 34.6 Å². The number of nitrogens with zero attached hydrogens (tertiary/aromatic N) is 4. The third-order valence-electron chi connectivity index (χ3n) is 12.2. The number of hydrogen-bond donors (Lipinski definition) is 3. The van der Waals surface area contributed by atoms with Crippen molar-refractivity contribution >= 4 is 23.8 Å². The SMILES string of the molecule is COC(=O)C(Cc1ccc(-c2c(C)n(C)c(=O)n(C)c2=O)cc1)NC(=O)c1c(F)cc(CNCc2cc(F)c(C(=O)NC(Cc3ccc(-c4c(C)n(C)c(=O)n(C)c4=O)cc3)C(=O)OC)c(F)c2)cc1F. The Morgan fingerprint density at radius 2 is 0.817 bits per heavy atom. The molecule has 0 aliphatic heterocycles. The first-order valence-corrected chi connectivity index (χ1v) is 21.7. The maximum atomic E-state index is 15.4. The zero-order valence-electron chi connectivity index (χ0n) is 39.8. The first kappa shape index (κ1) is 52.2. The molecule has 2 heterocycles. The summed E-state index contributed by atoms with van der Waals surface area (Å²) < 4.78 is 75.9. The summed E-state index contributed by atoms with van der Waals surface area (Å²) in [5.41, 5.74) is -0.663. The number of esters is 2. The molecule has 2 unspecified atom stereocenters. The summed E-state index contributed by atoms with van der Waals surface area (Å²) in [5.74, 6) is -9.46. The summed E-state index contributed by atoms with van der Waals surface area (Å²) in [5, 5.41) is 7.41. The lowest BCUT2D eigenvalue weighted by molar-refractivity contribution is -0.143. The molecule has 4 aromatic carbocycles. The number of methoxy groups -OCH3 is 2. The van der Waals surface area contributed by atoms with Gasteiger partial charge in [0.15, 0.2) is 0 Å². The smallest absolute Gasteiger partial charge is 0.330 e. The van der Waals surface area contributed by atoms with Crippen molar-refractivity contribution in [3.8, 4) is 22.3 Å². The highest BCUT2D eigenvalue weighted by Gasteiger charge is 2.29. The summed E-state index contributed by atoms with van der Waals surface area (Å²) in [4.78, 5) is 102. The molecule has 6 rings (SSSR count). The van der Waals surface area contributed by atoms with E-state index < -0.39 is 92.7 Å². The summed E-state index contributed by atoms with van der Waals surface area (Å²) >= 11 is 0. The fraction of sp³-hybridized carbons (Fsp3) is 0.280. The molecule has 3 N–H and O–H groups in total. The lowest BCUT2D eigenvalue weighted by Gasteiger charge is -2.18. The monoisotopic (exact) mass is 983 g/mol. The Labute approximate surface area is 402 Å². The van der Waals surface area contributed by atoms with Gasteiger partial charge in [0.25, 0.3) is 22.9 Å². The number of carbonyl (C=O) groups excluding carboxylic acids is 4. The number of ether oxygens (including phenoxy) is 2. The van der Waals surface area contributed by atoms with Gasteiger partial charge in [-0.15, -0.1) is 0 Å². The van der Waals surface area contributed by atoms with Crippen LogP contribution in [-0.4, -0.2) is 68.3 Å². The zero-order valence-corrected chi connectivity index (χ0v) is 39.8. The molecule has 0 bridgehead atoms. The highest BCUT2D eigenvalue weighted by atomic mass is 19.1. The van der Waals surface area contributed by atoms with Crippen LogP contribution in [0.1, 0.15) is 54.4 Å². The topological polar surface area (TPSA) is 211 Å². The standard InChI is InChI=1S/C50H49F4N7O10/c1-25-39(45(64)60(5)49(68)58(25)3)31-13-9-27(10-14-31)21-37(47(66)70-7)56-43(62)41-33(51)17-29(18-34(41)52)23-55-24-30-19-35(53)42(36(54)20-30)44(63)57-38(48(67)71-8)22-28-11-15-32(16-12-28)40-26(2)59(4)50(69)61(6)46(40)65/h9-20,37-38,55H,21-24H2,1-8H3,(H,56,62)(H,57,63). The number of hydrogen-bond acceptors (Lipinski definition) is 11. The molecular weight excluding hydrogens is 935 g/mol. The summed E-state index contributed by atoms with van der Waals surface area (Å²) in [6, 6.07) is 13.3. The van der Waals surface area contributed by atoms with Gasteiger partial charge in [-0.3, -0.25) is 28.3 Å². The quantitative estimate of drug-likeness (QED) is 0.0947. The van der Waals surface area contributed by atoms with Gasteiger partial charge in [-0.2, -0.15) is 0 Å². The van der Waals surface area contributed by atoms with Gasteiger partial charge in [-0.25, -0.2) is 36.7 Å². The summed E-state index contributed by atoms with van der Waals surface area (Å²) in [6.45, 7) is 2.74. The third kappa shape index (κ3) is 11.0. The van der Waals surface area contributed by atoms with E-state index >= 15 is 17.6 Å². The normalized spacial score (nSPS) is 12.0. The van der Waals surface area contributed by atoms with Crippen molar-refractivity contribution in [1.29, 1.82) is 0 Å². The second-order valence-electron chi connectivity index (χ2n) is 16.7. The molecule has 2 atom stereocenters. The van der Waals surface area contributed by atoms with Crippen LogP contribution < -0.4 is 38.4 Å². The van der Waals surface area contributed by atoms with Gasteiger partial charge in [0.1, 0.15) is 46.5 Å². The molecule has 2 aromatic heterocycles. The van der Waals surface area contributed by atoms with E-state index in [0.717, 1.165) is 47.6 Å². The maximum Gasteiger partial charge on any atom is 0.330 e. The fourth-order valence-electron chi connectivity index (χ4n) is 8.01. The molecule has 6 aromatic rings. The van der Waals surface area contributed by atoms with E-state index in [1.807, 2.05) is 0 Å². The molecule has 372 valence electrons. The molecular formula is C50H49F4N7O10. The number of halogens is 4. The molecule has 21 heteroatoms. The van der Waals surface area contributed by atoms with E-state index in [1.165, 1.54) is 37.3 Å². The number of rotatable bonds is 16. The summed E-state index contributed by atoms with van der Waals surface area (Å²) in [6.07, 6.45) is -0.337. The average Bonchev–Trinajstić information content (AvgIpc) is 3.33. The van der Waals surface area contributed by atoms with Crippen LogP contribution in [-0.2, 0) is 73.2 Å². The van der Waals surface area contributed by atoms with Crippen molar-refractivity contribution in [1.82, 2.24) is 34.2 Å². The summed E-state index contributed by atoms with van der Waals surface area (Å²) in [7, 11) is 7.91. The Morgan fingerprint density at radius 3 is 1.11 bits per heavy atom. The lowest BCUT2D eigenvalue weighted by Crippen LogP contribution is -2.43. The second kappa shape index (κ2) is 21.6. The Kier molecular flexibility index (Phi) is 15.9. The van der Waals surface area contributed by atoms with Crippen LogP contribution in [0, 0.1) is 37.1 Å². The van der Waals surface area contributed by atoms with Crippen LogP contribution in [0.3, 0.4) is 0 Å². The molecule has 0 aliphatic carbocycles. The number of nitrogens with one attached hydrogen (secondary N) is 3. The van der Waals surface area contributed by atoms with E-state index in [2.05, 4.69) is 16.0 Å². The van der Waals surface area contributed by atoms with E-state index in [-0.39, 0.29) is 48.2 Å². The van der Waals surface area contributed by atoms with Gasteiger partial charge in [0.2, 0.25) is 0 Å². The molecule has 0 saturated heterocycles. The third-order valence-corrected chi connectivity index (χ3v) is 12.2. The minimum absolute atomic E-state index is 0.00322. The predicted octanol–water partition coefficient (Wildman–Crippen LogP) is 3.31. The van der Waals surface area contributed by atoms with E-state index in [0.29, 0.717) is 33.6 Å². The first-order chi connectivity index (χ1) is 33.6. The first-order valence-electron chi connectivity index (χ1n) is 21.7. The van der Waals surface area contributed by atoms with E-state index in [4.69, 9.17) is 9.47 Å². The fourth-order valence-corrected chi connectivity index (χ4v) is 8.01. The van der Waals surface area contributed by atoms with Crippen molar-refractivity contribution in [2.75, 3.05) is 14.2 Å². The molecule has 0 saturated carbocycles.